The minimum absolute atomic E-state index is 0.0285. The van der Waals surface area contributed by atoms with E-state index in [0.717, 1.165) is 16.9 Å². The molecule has 0 bridgehead atoms. The minimum Gasteiger partial charge on any atom is -0.495 e. The molecular formula is C17H13ClF3N5O2. The van der Waals surface area contributed by atoms with Gasteiger partial charge in [-0.25, -0.2) is 0 Å². The Morgan fingerprint density at radius 1 is 1.25 bits per heavy atom. The summed E-state index contributed by atoms with van der Waals surface area (Å²) in [5.41, 5.74) is -0.330. The number of nitrogens with one attached hydrogen (secondary N) is 1. The second-order valence-corrected chi connectivity index (χ2v) is 6.05. The summed E-state index contributed by atoms with van der Waals surface area (Å²) < 4.78 is 43.6. The van der Waals surface area contributed by atoms with Gasteiger partial charge in [-0.05, 0) is 35.5 Å². The second kappa shape index (κ2) is 7.85. The molecule has 0 saturated heterocycles. The SMILES string of the molecule is COc1ccc(Cl)cc1NC(=O)Cn1nnc(-c2cccc(C(F)(F)F)c2)n1. The van der Waals surface area contributed by atoms with Crippen molar-refractivity contribution in [1.29, 1.82) is 0 Å². The van der Waals surface area contributed by atoms with E-state index in [4.69, 9.17) is 16.3 Å². The molecule has 0 spiro atoms. The number of amides is 1. The van der Waals surface area contributed by atoms with Crippen LogP contribution in [0.1, 0.15) is 5.56 Å². The first-order valence-corrected chi connectivity index (χ1v) is 8.23. The Labute approximate surface area is 162 Å². The van der Waals surface area contributed by atoms with Crippen molar-refractivity contribution in [2.75, 3.05) is 12.4 Å². The molecule has 1 amide bonds. The summed E-state index contributed by atoms with van der Waals surface area (Å²) in [5, 5.41) is 14.4. The fourth-order valence-electron chi connectivity index (χ4n) is 2.36. The van der Waals surface area contributed by atoms with E-state index in [-0.39, 0.29) is 17.9 Å². The molecule has 2 aromatic carbocycles. The van der Waals surface area contributed by atoms with Crippen LogP contribution in [0.5, 0.6) is 5.75 Å². The van der Waals surface area contributed by atoms with Gasteiger partial charge >= 0.3 is 6.18 Å². The largest absolute Gasteiger partial charge is 0.495 e. The number of hydrogen-bond acceptors (Lipinski definition) is 5. The number of alkyl halides is 3. The number of aromatic nitrogens is 4. The quantitative estimate of drug-likeness (QED) is 0.693. The van der Waals surface area contributed by atoms with Gasteiger partial charge in [-0.1, -0.05) is 23.7 Å². The number of carbonyl (C=O) groups is 1. The number of hydrogen-bond donors (Lipinski definition) is 1. The summed E-state index contributed by atoms with van der Waals surface area (Å²) in [6, 6.07) is 9.25. The maximum Gasteiger partial charge on any atom is 0.416 e. The molecule has 0 saturated carbocycles. The van der Waals surface area contributed by atoms with Crippen molar-refractivity contribution in [2.45, 2.75) is 12.7 Å². The number of tetrazole rings is 1. The lowest BCUT2D eigenvalue weighted by molar-refractivity contribution is -0.137. The summed E-state index contributed by atoms with van der Waals surface area (Å²) in [6.45, 7) is -0.304. The summed E-state index contributed by atoms with van der Waals surface area (Å²) in [6.07, 6.45) is -4.48. The molecule has 7 nitrogen and oxygen atoms in total. The van der Waals surface area contributed by atoms with Crippen molar-refractivity contribution in [2.24, 2.45) is 0 Å². The number of methoxy groups -OCH3 is 1. The number of anilines is 1. The third-order valence-corrected chi connectivity index (χ3v) is 3.86. The van der Waals surface area contributed by atoms with Crippen LogP contribution in [0.25, 0.3) is 11.4 Å². The van der Waals surface area contributed by atoms with Gasteiger partial charge in [0, 0.05) is 10.6 Å². The van der Waals surface area contributed by atoms with E-state index in [1.54, 1.807) is 12.1 Å². The smallest absolute Gasteiger partial charge is 0.416 e. The summed E-state index contributed by atoms with van der Waals surface area (Å²) in [4.78, 5) is 13.2. The molecule has 28 heavy (non-hydrogen) atoms. The Morgan fingerprint density at radius 2 is 2.04 bits per heavy atom. The van der Waals surface area contributed by atoms with Gasteiger partial charge in [-0.2, -0.15) is 18.0 Å². The molecule has 0 radical (unpaired) electrons. The van der Waals surface area contributed by atoms with Crippen LogP contribution in [0.15, 0.2) is 42.5 Å². The van der Waals surface area contributed by atoms with Crippen molar-refractivity contribution in [3.05, 3.63) is 53.1 Å². The highest BCUT2D eigenvalue weighted by Crippen LogP contribution is 2.31. The lowest BCUT2D eigenvalue weighted by Crippen LogP contribution is -2.20. The molecule has 0 aliphatic carbocycles. The Balaban J connectivity index is 1.73. The number of nitrogens with zero attached hydrogens (tertiary/aromatic N) is 4. The summed E-state index contributed by atoms with van der Waals surface area (Å²) in [5.74, 6) is -0.109. The first-order valence-electron chi connectivity index (χ1n) is 7.85. The highest BCUT2D eigenvalue weighted by atomic mass is 35.5. The number of benzene rings is 2. The average molecular weight is 412 g/mol. The average Bonchev–Trinajstić information content (AvgIpc) is 3.09. The van der Waals surface area contributed by atoms with Crippen LogP contribution in [0, 0.1) is 0 Å². The van der Waals surface area contributed by atoms with Gasteiger partial charge in [0.25, 0.3) is 0 Å². The highest BCUT2D eigenvalue weighted by molar-refractivity contribution is 6.31. The molecule has 0 aliphatic heterocycles. The lowest BCUT2D eigenvalue weighted by Gasteiger charge is -2.10. The Hall–Kier alpha value is -3.14. The van der Waals surface area contributed by atoms with Crippen LogP contribution in [-0.4, -0.2) is 33.2 Å². The molecule has 0 atom stereocenters. The van der Waals surface area contributed by atoms with Crippen LogP contribution in [-0.2, 0) is 17.5 Å². The normalized spacial score (nSPS) is 11.3. The van der Waals surface area contributed by atoms with E-state index in [1.165, 1.54) is 25.3 Å². The first kappa shape index (κ1) is 19.6. The van der Waals surface area contributed by atoms with Crippen molar-refractivity contribution >= 4 is 23.2 Å². The van der Waals surface area contributed by atoms with Crippen molar-refractivity contribution in [1.82, 2.24) is 20.2 Å². The van der Waals surface area contributed by atoms with Crippen LogP contribution in [0.4, 0.5) is 18.9 Å². The molecule has 0 unspecified atom stereocenters. The standard InChI is InChI=1S/C17H13ClF3N5O2/c1-28-14-6-5-12(18)8-13(14)22-15(27)9-26-24-16(23-25-26)10-3-2-4-11(7-10)17(19,20)21/h2-8H,9H2,1H3,(H,22,27). The van der Waals surface area contributed by atoms with Crippen molar-refractivity contribution < 1.29 is 22.7 Å². The lowest BCUT2D eigenvalue weighted by atomic mass is 10.1. The fraction of sp³-hybridized carbons (Fsp3) is 0.176. The fourth-order valence-corrected chi connectivity index (χ4v) is 2.53. The third-order valence-electron chi connectivity index (χ3n) is 3.62. The van der Waals surface area contributed by atoms with E-state index >= 15 is 0 Å². The van der Waals surface area contributed by atoms with Crippen LogP contribution >= 0.6 is 11.6 Å². The molecule has 1 N–H and O–H groups in total. The van der Waals surface area contributed by atoms with E-state index in [0.29, 0.717) is 16.5 Å². The molecule has 11 heteroatoms. The number of carbonyl (C=O) groups excluding carboxylic acids is 1. The molecule has 0 aliphatic rings. The van der Waals surface area contributed by atoms with E-state index < -0.39 is 17.6 Å². The summed E-state index contributed by atoms with van der Waals surface area (Å²) >= 11 is 5.91. The predicted molar refractivity (Wildman–Crippen MR) is 94.9 cm³/mol. The van der Waals surface area contributed by atoms with Crippen molar-refractivity contribution in [3.63, 3.8) is 0 Å². The molecule has 1 aromatic heterocycles. The molecule has 146 valence electrons. The zero-order valence-electron chi connectivity index (χ0n) is 14.4. The monoisotopic (exact) mass is 411 g/mol. The van der Waals surface area contributed by atoms with Crippen LogP contribution < -0.4 is 10.1 Å². The van der Waals surface area contributed by atoms with E-state index in [2.05, 4.69) is 20.7 Å². The summed E-state index contributed by atoms with van der Waals surface area (Å²) in [7, 11) is 1.44. The van der Waals surface area contributed by atoms with Gasteiger partial charge in [0.15, 0.2) is 0 Å². The molecule has 1 heterocycles. The van der Waals surface area contributed by atoms with Gasteiger partial charge in [-0.3, -0.25) is 4.79 Å². The number of ether oxygens (including phenoxy) is 1. The Bertz CT molecular complexity index is 1010. The van der Waals surface area contributed by atoms with Crippen LogP contribution in [0.2, 0.25) is 5.02 Å². The van der Waals surface area contributed by atoms with E-state index in [9.17, 15) is 18.0 Å². The van der Waals surface area contributed by atoms with Gasteiger partial charge in [0.1, 0.15) is 12.3 Å². The highest BCUT2D eigenvalue weighted by Gasteiger charge is 2.30. The van der Waals surface area contributed by atoms with Crippen molar-refractivity contribution in [3.8, 4) is 17.1 Å². The molecule has 0 fully saturated rings. The number of rotatable bonds is 5. The van der Waals surface area contributed by atoms with Gasteiger partial charge in [-0.15, -0.1) is 10.2 Å². The Morgan fingerprint density at radius 3 is 2.75 bits per heavy atom. The zero-order valence-corrected chi connectivity index (χ0v) is 15.1. The van der Waals surface area contributed by atoms with Crippen LogP contribution in [0.3, 0.4) is 0 Å². The molecular weight excluding hydrogens is 399 g/mol. The minimum atomic E-state index is -4.48. The molecule has 3 aromatic rings. The molecule has 3 rings (SSSR count). The van der Waals surface area contributed by atoms with Gasteiger partial charge < -0.3 is 10.1 Å². The Kier molecular flexibility index (Phi) is 5.50. The number of halogens is 4. The van der Waals surface area contributed by atoms with Gasteiger partial charge in [0.05, 0.1) is 18.4 Å². The topological polar surface area (TPSA) is 81.9 Å². The van der Waals surface area contributed by atoms with E-state index in [1.807, 2.05) is 0 Å². The zero-order chi connectivity index (χ0) is 20.3. The predicted octanol–water partition coefficient (Wildman–Crippen LogP) is 3.66. The first-order chi connectivity index (χ1) is 13.3. The third kappa shape index (κ3) is 4.58. The maximum absolute atomic E-state index is 12.8. The maximum atomic E-state index is 12.8. The second-order valence-electron chi connectivity index (χ2n) is 5.61. The van der Waals surface area contributed by atoms with Gasteiger partial charge in [0.2, 0.25) is 11.7 Å².